The van der Waals surface area contributed by atoms with Crippen molar-refractivity contribution in [1.29, 1.82) is 0 Å². The summed E-state index contributed by atoms with van der Waals surface area (Å²) in [7, 11) is 0. The summed E-state index contributed by atoms with van der Waals surface area (Å²) in [5.74, 6) is 0.629. The summed E-state index contributed by atoms with van der Waals surface area (Å²) in [6.07, 6.45) is 1.99. The summed E-state index contributed by atoms with van der Waals surface area (Å²) >= 11 is 7.67. The van der Waals surface area contributed by atoms with Crippen LogP contribution in [0.2, 0.25) is 0 Å². The van der Waals surface area contributed by atoms with E-state index in [0.29, 0.717) is 12.4 Å². The van der Waals surface area contributed by atoms with Crippen LogP contribution in [0.4, 0.5) is 0 Å². The number of ketones is 1. The summed E-state index contributed by atoms with van der Waals surface area (Å²) in [5, 5.41) is -0.627. The Labute approximate surface area is 105 Å². The Bertz CT molecular complexity index is 379. The van der Waals surface area contributed by atoms with Crippen molar-refractivity contribution < 1.29 is 9.53 Å². The van der Waals surface area contributed by atoms with Gasteiger partial charge in [0.1, 0.15) is 11.1 Å². The largest absolute Gasteiger partial charge is 0.493 e. The smallest absolute Gasteiger partial charge is 0.152 e. The first-order valence-electron chi connectivity index (χ1n) is 5.05. The van der Waals surface area contributed by atoms with Gasteiger partial charge in [0.15, 0.2) is 5.78 Å². The van der Waals surface area contributed by atoms with Crippen LogP contribution in [0.3, 0.4) is 0 Å². The molecular formula is C12H15ClO2S. The van der Waals surface area contributed by atoms with E-state index >= 15 is 0 Å². The highest BCUT2D eigenvalue weighted by Gasteiger charge is 2.18. The Balaban J connectivity index is 3.11. The average molecular weight is 259 g/mol. The van der Waals surface area contributed by atoms with Crippen molar-refractivity contribution in [1.82, 2.24) is 0 Å². The van der Waals surface area contributed by atoms with Crippen molar-refractivity contribution in [3.8, 4) is 5.75 Å². The number of alkyl halides is 1. The Hall–Kier alpha value is -0.670. The summed E-state index contributed by atoms with van der Waals surface area (Å²) in [6.45, 7) is 3.95. The fourth-order valence-electron chi connectivity index (χ4n) is 1.35. The summed E-state index contributed by atoms with van der Waals surface area (Å²) in [4.78, 5) is 12.4. The monoisotopic (exact) mass is 258 g/mol. The van der Waals surface area contributed by atoms with E-state index in [9.17, 15) is 4.79 Å². The molecule has 0 aliphatic carbocycles. The molecule has 0 aromatic heterocycles. The van der Waals surface area contributed by atoms with E-state index in [4.69, 9.17) is 16.3 Å². The first kappa shape index (κ1) is 13.4. The van der Waals surface area contributed by atoms with Crippen LogP contribution < -0.4 is 4.74 Å². The third-order valence-electron chi connectivity index (χ3n) is 2.15. The minimum atomic E-state index is -0.627. The van der Waals surface area contributed by atoms with Crippen molar-refractivity contribution in [2.24, 2.45) is 0 Å². The van der Waals surface area contributed by atoms with Gasteiger partial charge in [0.05, 0.1) is 6.61 Å². The molecule has 0 saturated carbocycles. The second kappa shape index (κ2) is 6.16. The SMILES string of the molecule is CCOc1cc(SC)ccc1C(Cl)C(C)=O. The lowest BCUT2D eigenvalue weighted by Gasteiger charge is -2.13. The zero-order valence-electron chi connectivity index (χ0n) is 9.62. The maximum Gasteiger partial charge on any atom is 0.152 e. The molecule has 0 radical (unpaired) electrons. The predicted molar refractivity (Wildman–Crippen MR) is 68.7 cm³/mol. The molecule has 0 fully saturated rings. The van der Waals surface area contributed by atoms with Gasteiger partial charge in [-0.05, 0) is 32.2 Å². The van der Waals surface area contributed by atoms with Crippen LogP contribution in [0.1, 0.15) is 24.8 Å². The minimum Gasteiger partial charge on any atom is -0.493 e. The lowest BCUT2D eigenvalue weighted by atomic mass is 10.1. The van der Waals surface area contributed by atoms with Crippen LogP contribution in [-0.2, 0) is 4.79 Å². The number of ether oxygens (including phenoxy) is 1. The van der Waals surface area contributed by atoms with E-state index in [1.54, 1.807) is 11.8 Å². The van der Waals surface area contributed by atoms with Gasteiger partial charge in [-0.25, -0.2) is 0 Å². The molecule has 1 unspecified atom stereocenters. The summed E-state index contributed by atoms with van der Waals surface area (Å²) < 4.78 is 5.50. The standard InChI is InChI=1S/C12H15ClO2S/c1-4-15-11-7-9(16-3)5-6-10(11)12(13)8(2)14/h5-7,12H,4H2,1-3H3. The van der Waals surface area contributed by atoms with Gasteiger partial charge in [0, 0.05) is 10.5 Å². The zero-order valence-corrected chi connectivity index (χ0v) is 11.2. The number of hydrogen-bond acceptors (Lipinski definition) is 3. The number of carbonyl (C=O) groups is 1. The molecule has 2 nitrogen and oxygen atoms in total. The normalized spacial score (nSPS) is 12.2. The lowest BCUT2D eigenvalue weighted by Crippen LogP contribution is -2.05. The fraction of sp³-hybridized carbons (Fsp3) is 0.417. The molecule has 0 amide bonds. The molecule has 0 aliphatic rings. The zero-order chi connectivity index (χ0) is 12.1. The number of rotatable bonds is 5. The highest BCUT2D eigenvalue weighted by Crippen LogP contribution is 2.33. The molecule has 0 spiro atoms. The van der Waals surface area contributed by atoms with Crippen LogP contribution in [0.25, 0.3) is 0 Å². The molecule has 88 valence electrons. The first-order valence-corrected chi connectivity index (χ1v) is 6.71. The van der Waals surface area contributed by atoms with E-state index in [2.05, 4.69) is 0 Å². The molecule has 4 heteroatoms. The molecule has 1 aromatic carbocycles. The van der Waals surface area contributed by atoms with Gasteiger partial charge in [-0.15, -0.1) is 23.4 Å². The van der Waals surface area contributed by atoms with E-state index in [0.717, 1.165) is 10.5 Å². The molecule has 0 aliphatic heterocycles. The number of carbonyl (C=O) groups excluding carboxylic acids is 1. The van der Waals surface area contributed by atoms with Gasteiger partial charge in [-0.3, -0.25) is 4.79 Å². The third-order valence-corrected chi connectivity index (χ3v) is 3.42. The highest BCUT2D eigenvalue weighted by atomic mass is 35.5. The maximum atomic E-state index is 11.3. The molecule has 1 atom stereocenters. The number of halogens is 1. The Morgan fingerprint density at radius 1 is 1.56 bits per heavy atom. The van der Waals surface area contributed by atoms with Gasteiger partial charge in [-0.1, -0.05) is 6.07 Å². The maximum absolute atomic E-state index is 11.3. The molecule has 0 bridgehead atoms. The van der Waals surface area contributed by atoms with Gasteiger partial charge < -0.3 is 4.74 Å². The Morgan fingerprint density at radius 2 is 2.25 bits per heavy atom. The number of hydrogen-bond donors (Lipinski definition) is 0. The van der Waals surface area contributed by atoms with Crippen molar-refractivity contribution in [2.45, 2.75) is 24.1 Å². The Morgan fingerprint density at radius 3 is 2.75 bits per heavy atom. The molecule has 16 heavy (non-hydrogen) atoms. The third kappa shape index (κ3) is 3.16. The van der Waals surface area contributed by atoms with Gasteiger partial charge in [0.2, 0.25) is 0 Å². The second-order valence-electron chi connectivity index (χ2n) is 3.31. The molecule has 0 saturated heterocycles. The highest BCUT2D eigenvalue weighted by molar-refractivity contribution is 7.98. The quantitative estimate of drug-likeness (QED) is 0.595. The van der Waals surface area contributed by atoms with Gasteiger partial charge >= 0.3 is 0 Å². The van der Waals surface area contributed by atoms with Crippen LogP contribution >= 0.6 is 23.4 Å². The summed E-state index contributed by atoms with van der Waals surface area (Å²) in [5.41, 5.74) is 0.744. The number of benzene rings is 1. The van der Waals surface area contributed by atoms with E-state index < -0.39 is 5.38 Å². The second-order valence-corrected chi connectivity index (χ2v) is 4.63. The fourth-order valence-corrected chi connectivity index (χ4v) is 1.96. The van der Waals surface area contributed by atoms with Gasteiger partial charge in [-0.2, -0.15) is 0 Å². The van der Waals surface area contributed by atoms with E-state index in [1.165, 1.54) is 6.92 Å². The van der Waals surface area contributed by atoms with Crippen molar-refractivity contribution in [3.63, 3.8) is 0 Å². The van der Waals surface area contributed by atoms with Crippen LogP contribution in [0.15, 0.2) is 23.1 Å². The van der Waals surface area contributed by atoms with Crippen LogP contribution in [0, 0.1) is 0 Å². The van der Waals surface area contributed by atoms with E-state index in [-0.39, 0.29) is 5.78 Å². The van der Waals surface area contributed by atoms with Crippen molar-refractivity contribution in [2.75, 3.05) is 12.9 Å². The minimum absolute atomic E-state index is 0.0699. The molecular weight excluding hydrogens is 244 g/mol. The number of thioether (sulfide) groups is 1. The molecule has 1 aromatic rings. The predicted octanol–water partition coefficient (Wildman–Crippen LogP) is 3.68. The summed E-state index contributed by atoms with van der Waals surface area (Å²) in [6, 6.07) is 5.72. The van der Waals surface area contributed by atoms with Crippen molar-refractivity contribution in [3.05, 3.63) is 23.8 Å². The average Bonchev–Trinajstić information content (AvgIpc) is 2.28. The van der Waals surface area contributed by atoms with Crippen molar-refractivity contribution >= 4 is 29.1 Å². The topological polar surface area (TPSA) is 26.3 Å². The Kier molecular flexibility index (Phi) is 5.16. The first-order chi connectivity index (χ1) is 7.60. The van der Waals surface area contributed by atoms with Crippen LogP contribution in [0.5, 0.6) is 5.75 Å². The molecule has 0 N–H and O–H groups in total. The van der Waals surface area contributed by atoms with Gasteiger partial charge in [0.25, 0.3) is 0 Å². The van der Waals surface area contributed by atoms with Crippen LogP contribution in [-0.4, -0.2) is 18.6 Å². The molecule has 1 rings (SSSR count). The van der Waals surface area contributed by atoms with E-state index in [1.807, 2.05) is 31.4 Å². The molecule has 0 heterocycles. The number of Topliss-reactive ketones (excluding diaryl/α,β-unsaturated/α-hetero) is 1. The lowest BCUT2D eigenvalue weighted by molar-refractivity contribution is -0.116.